The zero-order valence-electron chi connectivity index (χ0n) is 15.5. The number of carboxylic acid groups (broad SMARTS) is 4. The maximum atomic E-state index is 10.8. The summed E-state index contributed by atoms with van der Waals surface area (Å²) in [5.74, 6) is -6.11. The Morgan fingerprint density at radius 2 is 0.690 bits per heavy atom. The molecule has 0 aromatic carbocycles. The summed E-state index contributed by atoms with van der Waals surface area (Å²) >= 11 is -5.80. The van der Waals surface area contributed by atoms with Gasteiger partial charge in [-0.2, -0.15) is 0 Å². The van der Waals surface area contributed by atoms with E-state index < -0.39 is 66.4 Å². The van der Waals surface area contributed by atoms with Crippen LogP contribution in [-0.2, 0) is 70.7 Å². The Bertz CT molecular complexity index is 479. The van der Waals surface area contributed by atoms with Crippen LogP contribution in [0.3, 0.4) is 0 Å². The van der Waals surface area contributed by atoms with Crippen molar-refractivity contribution in [3.8, 4) is 0 Å². The van der Waals surface area contributed by atoms with E-state index >= 15 is 0 Å². The molecule has 0 radical (unpaired) electrons. The first kappa shape index (κ1) is 27.3. The Labute approximate surface area is 167 Å². The summed E-state index contributed by atoms with van der Waals surface area (Å²) in [6, 6.07) is 0. The number of carbonyl (C=O) groups is 4. The molecule has 0 heterocycles. The van der Waals surface area contributed by atoms with Gasteiger partial charge in [0.2, 0.25) is 0 Å². The second-order valence-corrected chi connectivity index (χ2v) is 7.74. The van der Waals surface area contributed by atoms with Crippen molar-refractivity contribution in [1.82, 2.24) is 0 Å². The van der Waals surface area contributed by atoms with Crippen LogP contribution < -0.4 is 0 Å². The third-order valence-electron chi connectivity index (χ3n) is 2.57. The van der Waals surface area contributed by atoms with Crippen molar-refractivity contribution in [2.75, 3.05) is 0 Å². The van der Waals surface area contributed by atoms with E-state index in [0.717, 1.165) is 27.7 Å². The fourth-order valence-corrected chi connectivity index (χ4v) is 2.67. The fraction of sp³-hybridized carbons (Fsp3) is 0.667. The summed E-state index contributed by atoms with van der Waals surface area (Å²) in [5, 5.41) is 35.3. The average molecular weight is 468 g/mol. The summed E-state index contributed by atoms with van der Waals surface area (Å²) in [6.07, 6.45) is -6.66. The molecule has 4 unspecified atom stereocenters. The first-order valence-electron chi connectivity index (χ1n) is 7.60. The number of hydrogen-bond donors (Lipinski definition) is 4. The van der Waals surface area contributed by atoms with Gasteiger partial charge in [0.05, 0.1) is 0 Å². The van der Waals surface area contributed by atoms with E-state index in [1.807, 2.05) is 0 Å². The van der Waals surface area contributed by atoms with E-state index in [4.69, 9.17) is 20.4 Å². The molecule has 0 bridgehead atoms. The summed E-state index contributed by atoms with van der Waals surface area (Å²) in [7, 11) is 0. The normalized spacial score (nSPS) is 17.5. The molecule has 0 rings (SSSR count). The number of hydrogen-bond acceptors (Lipinski definition) is 12. The van der Waals surface area contributed by atoms with Gasteiger partial charge in [0.1, 0.15) is 0 Å². The molecule has 4 atom stereocenters. The first-order chi connectivity index (χ1) is 13.3. The first-order valence-corrected chi connectivity index (χ1v) is 10.2. The molecular formula is C12H20O16Ti. The second kappa shape index (κ2) is 12.8. The van der Waals surface area contributed by atoms with Crippen molar-refractivity contribution < 1.29 is 91.2 Å². The van der Waals surface area contributed by atoms with Gasteiger partial charge in [-0.05, 0) is 0 Å². The molecule has 0 fully saturated rings. The van der Waals surface area contributed by atoms with Gasteiger partial charge in [-0.1, -0.05) is 0 Å². The molecule has 168 valence electrons. The standard InChI is InChI=1S/4C3H6O4.Ti/c4*1-2(7-6)3(4)5;/h4*2,6H,1H3,(H,4,5);/q;;;;+4/p-4. The van der Waals surface area contributed by atoms with Gasteiger partial charge < -0.3 is 0 Å². The van der Waals surface area contributed by atoms with Gasteiger partial charge in [-0.3, -0.25) is 0 Å². The molecule has 0 spiro atoms. The molecule has 0 saturated carbocycles. The fourth-order valence-electron chi connectivity index (χ4n) is 0.772. The van der Waals surface area contributed by atoms with Crippen LogP contribution in [0, 0.1) is 0 Å². The third-order valence-corrected chi connectivity index (χ3v) is 4.45. The molecular weight excluding hydrogens is 448 g/mol. The summed E-state index contributed by atoms with van der Waals surface area (Å²) in [4.78, 5) is 61.3. The van der Waals surface area contributed by atoms with E-state index in [9.17, 15) is 19.2 Å². The Hall–Kier alpha value is -1.73. The Morgan fingerprint density at radius 1 is 0.517 bits per heavy atom. The minimum absolute atomic E-state index is 0.998. The minimum atomic E-state index is -5.80. The number of aliphatic carboxylic acids is 4. The van der Waals surface area contributed by atoms with Crippen molar-refractivity contribution in [2.45, 2.75) is 52.1 Å². The molecule has 0 aliphatic heterocycles. The van der Waals surface area contributed by atoms with Crippen LogP contribution in [0.2, 0.25) is 0 Å². The average Bonchev–Trinajstić information content (AvgIpc) is 2.64. The van der Waals surface area contributed by atoms with Crippen molar-refractivity contribution >= 4 is 23.9 Å². The zero-order valence-corrected chi connectivity index (χ0v) is 17.1. The monoisotopic (exact) mass is 468 g/mol. The van der Waals surface area contributed by atoms with Gasteiger partial charge >= 0.3 is 167 Å². The van der Waals surface area contributed by atoms with Crippen LogP contribution in [0.4, 0.5) is 0 Å². The molecule has 0 aromatic heterocycles. The van der Waals surface area contributed by atoms with Crippen LogP contribution in [-0.4, -0.2) is 68.7 Å². The predicted molar refractivity (Wildman–Crippen MR) is 77.1 cm³/mol. The summed E-state index contributed by atoms with van der Waals surface area (Å²) in [5.41, 5.74) is 0. The van der Waals surface area contributed by atoms with Crippen LogP contribution >= 0.6 is 0 Å². The molecule has 0 aromatic rings. The van der Waals surface area contributed by atoms with Gasteiger partial charge in [0.25, 0.3) is 0 Å². The Morgan fingerprint density at radius 3 is 0.828 bits per heavy atom. The number of carboxylic acids is 4. The van der Waals surface area contributed by atoms with Gasteiger partial charge in [0.15, 0.2) is 0 Å². The van der Waals surface area contributed by atoms with E-state index in [1.54, 1.807) is 0 Å². The predicted octanol–water partition coefficient (Wildman–Crippen LogP) is -0.514. The zero-order chi connectivity index (χ0) is 22.8. The molecule has 4 N–H and O–H groups in total. The molecule has 17 heteroatoms. The molecule has 0 amide bonds. The van der Waals surface area contributed by atoms with Gasteiger partial charge in [0, 0.05) is 0 Å². The summed E-state index contributed by atoms with van der Waals surface area (Å²) < 4.78 is 18.5. The van der Waals surface area contributed by atoms with Crippen molar-refractivity contribution in [3.05, 3.63) is 0 Å². The quantitative estimate of drug-likeness (QED) is 0.127. The Kier molecular flexibility index (Phi) is 12.0. The Balaban J connectivity index is 5.58. The van der Waals surface area contributed by atoms with Crippen molar-refractivity contribution in [2.24, 2.45) is 0 Å². The number of rotatable bonds is 16. The second-order valence-electron chi connectivity index (χ2n) is 5.14. The summed E-state index contributed by atoms with van der Waals surface area (Å²) in [6.45, 7) is 3.99. The van der Waals surface area contributed by atoms with E-state index in [1.165, 1.54) is 0 Å². The van der Waals surface area contributed by atoms with Crippen LogP contribution in [0.1, 0.15) is 27.7 Å². The van der Waals surface area contributed by atoms with E-state index in [-0.39, 0.29) is 0 Å². The van der Waals surface area contributed by atoms with Gasteiger partial charge in [-0.15, -0.1) is 0 Å². The molecule has 0 saturated heterocycles. The molecule has 0 aliphatic rings. The van der Waals surface area contributed by atoms with Crippen LogP contribution in [0.5, 0.6) is 0 Å². The molecule has 0 aliphatic carbocycles. The van der Waals surface area contributed by atoms with E-state index in [2.05, 4.69) is 33.4 Å². The van der Waals surface area contributed by atoms with Crippen LogP contribution in [0.15, 0.2) is 0 Å². The molecule has 16 nitrogen and oxygen atoms in total. The molecule has 29 heavy (non-hydrogen) atoms. The van der Waals surface area contributed by atoms with Crippen LogP contribution in [0.25, 0.3) is 0 Å². The van der Waals surface area contributed by atoms with E-state index in [0.29, 0.717) is 0 Å². The maximum absolute atomic E-state index is 10.8. The van der Waals surface area contributed by atoms with Crippen molar-refractivity contribution in [1.29, 1.82) is 0 Å². The topological polar surface area (TPSA) is 223 Å². The SMILES string of the molecule is CC(O[O][Ti]([O]OC(C)C(=O)O)([O]OC(C)C(=O)O)[O]OC(C)C(=O)O)C(=O)O. The van der Waals surface area contributed by atoms with Crippen molar-refractivity contribution in [3.63, 3.8) is 0 Å². The third kappa shape index (κ3) is 10.6. The van der Waals surface area contributed by atoms with Gasteiger partial charge in [-0.25, -0.2) is 0 Å².